The third-order valence-electron chi connectivity index (χ3n) is 6.19. The van der Waals surface area contributed by atoms with Gasteiger partial charge in [-0.05, 0) is 60.9 Å². The van der Waals surface area contributed by atoms with Gasteiger partial charge in [0.05, 0.1) is 31.9 Å². The Balaban J connectivity index is 1.86. The monoisotopic (exact) mass is 519 g/mol. The molecule has 198 valence electrons. The van der Waals surface area contributed by atoms with Gasteiger partial charge in [0.2, 0.25) is 0 Å². The van der Waals surface area contributed by atoms with Gasteiger partial charge in [-0.25, -0.2) is 4.39 Å². The summed E-state index contributed by atoms with van der Waals surface area (Å²) >= 11 is 0. The number of hydrogen-bond donors (Lipinski definition) is 1. The van der Waals surface area contributed by atoms with E-state index in [1.165, 1.54) is 24.1 Å². The van der Waals surface area contributed by atoms with Crippen molar-refractivity contribution in [2.75, 3.05) is 20.3 Å². The number of likely N-dealkylation sites (tertiary alicyclic amines) is 1. The lowest BCUT2D eigenvalue weighted by Crippen LogP contribution is -2.29. The smallest absolute Gasteiger partial charge is 0.295 e. The molecule has 1 amide bonds. The number of nitrogens with zero attached hydrogens (tertiary/aromatic N) is 1. The second kappa shape index (κ2) is 11.8. The number of halogens is 1. The lowest BCUT2D eigenvalue weighted by atomic mass is 9.94. The first-order valence-electron chi connectivity index (χ1n) is 12.4. The highest BCUT2D eigenvalue weighted by atomic mass is 19.1. The van der Waals surface area contributed by atoms with Crippen LogP contribution in [-0.2, 0) is 16.1 Å². The molecule has 0 spiro atoms. The minimum atomic E-state index is -0.926. The Bertz CT molecular complexity index is 1350. The van der Waals surface area contributed by atoms with Gasteiger partial charge in [-0.2, -0.15) is 0 Å². The van der Waals surface area contributed by atoms with Crippen LogP contribution >= 0.6 is 0 Å². The molecule has 1 aliphatic heterocycles. The molecular formula is C30H30FNO6. The van der Waals surface area contributed by atoms with Gasteiger partial charge in [-0.1, -0.05) is 37.3 Å². The maximum atomic E-state index is 13.5. The van der Waals surface area contributed by atoms with E-state index in [1.54, 1.807) is 54.6 Å². The van der Waals surface area contributed by atoms with Gasteiger partial charge in [-0.15, -0.1) is 0 Å². The predicted octanol–water partition coefficient (Wildman–Crippen LogP) is 5.64. The largest absolute Gasteiger partial charge is 0.507 e. The summed E-state index contributed by atoms with van der Waals surface area (Å²) in [5, 5.41) is 11.4. The Kier molecular flexibility index (Phi) is 8.31. The van der Waals surface area contributed by atoms with Crippen molar-refractivity contribution in [1.82, 2.24) is 4.90 Å². The van der Waals surface area contributed by atoms with Crippen LogP contribution in [0, 0.1) is 5.82 Å². The number of hydrogen-bond acceptors (Lipinski definition) is 6. The van der Waals surface area contributed by atoms with Gasteiger partial charge in [0.1, 0.15) is 17.3 Å². The van der Waals surface area contributed by atoms with Gasteiger partial charge in [0, 0.05) is 12.1 Å². The van der Waals surface area contributed by atoms with Crippen molar-refractivity contribution in [3.8, 4) is 17.2 Å². The van der Waals surface area contributed by atoms with Crippen molar-refractivity contribution in [1.29, 1.82) is 0 Å². The molecule has 1 fully saturated rings. The molecule has 1 heterocycles. The second-order valence-electron chi connectivity index (χ2n) is 8.77. The van der Waals surface area contributed by atoms with Crippen molar-refractivity contribution in [3.05, 3.63) is 94.8 Å². The molecule has 1 saturated heterocycles. The number of carbonyl (C=O) groups excluding carboxylic acids is 2. The summed E-state index contributed by atoms with van der Waals surface area (Å²) < 4.78 is 30.3. The van der Waals surface area contributed by atoms with Gasteiger partial charge in [0.15, 0.2) is 11.5 Å². The topological polar surface area (TPSA) is 85.3 Å². The first-order valence-corrected chi connectivity index (χ1v) is 12.4. The normalized spacial score (nSPS) is 16.5. The maximum absolute atomic E-state index is 13.5. The summed E-state index contributed by atoms with van der Waals surface area (Å²) in [6.45, 7) is 4.72. The molecule has 0 aliphatic carbocycles. The van der Waals surface area contributed by atoms with Crippen LogP contribution < -0.4 is 14.2 Å². The summed E-state index contributed by atoms with van der Waals surface area (Å²) in [6.07, 6.45) is 0.810. The van der Waals surface area contributed by atoms with Crippen molar-refractivity contribution in [2.24, 2.45) is 0 Å². The van der Waals surface area contributed by atoms with E-state index in [0.29, 0.717) is 47.2 Å². The number of benzene rings is 3. The first kappa shape index (κ1) is 26.7. The van der Waals surface area contributed by atoms with E-state index in [9.17, 15) is 19.1 Å². The number of rotatable bonds is 10. The molecule has 1 unspecified atom stereocenters. The van der Waals surface area contributed by atoms with Gasteiger partial charge in [0.25, 0.3) is 11.7 Å². The van der Waals surface area contributed by atoms with Crippen molar-refractivity contribution in [2.45, 2.75) is 32.9 Å². The summed E-state index contributed by atoms with van der Waals surface area (Å²) in [7, 11) is 1.52. The van der Waals surface area contributed by atoms with Crippen LogP contribution in [0.3, 0.4) is 0 Å². The van der Waals surface area contributed by atoms with Gasteiger partial charge >= 0.3 is 0 Å². The SMILES string of the molecule is CCCOc1cccc(/C(O)=C2/C(=O)C(=O)N(Cc3ccc(F)cc3)C2c2ccc(OC)c(OCC)c2)c1. The zero-order valence-corrected chi connectivity index (χ0v) is 21.6. The number of aliphatic hydroxyl groups is 1. The van der Waals surface area contributed by atoms with Crippen LogP contribution in [0.4, 0.5) is 4.39 Å². The first-order chi connectivity index (χ1) is 18.4. The summed E-state index contributed by atoms with van der Waals surface area (Å²) in [6, 6.07) is 16.6. The number of aliphatic hydroxyl groups excluding tert-OH is 1. The molecule has 0 saturated carbocycles. The van der Waals surface area contributed by atoms with E-state index in [0.717, 1.165) is 6.42 Å². The molecule has 1 N–H and O–H groups in total. The zero-order chi connectivity index (χ0) is 27.2. The maximum Gasteiger partial charge on any atom is 0.295 e. The highest BCUT2D eigenvalue weighted by molar-refractivity contribution is 6.46. The molecule has 3 aromatic carbocycles. The fourth-order valence-electron chi connectivity index (χ4n) is 4.42. The minimum Gasteiger partial charge on any atom is -0.507 e. The van der Waals surface area contributed by atoms with Gasteiger partial charge in [-0.3, -0.25) is 9.59 Å². The van der Waals surface area contributed by atoms with Crippen LogP contribution in [0.15, 0.2) is 72.3 Å². The lowest BCUT2D eigenvalue weighted by molar-refractivity contribution is -0.140. The number of methoxy groups -OCH3 is 1. The minimum absolute atomic E-state index is 0.0297. The third kappa shape index (κ3) is 5.49. The highest BCUT2D eigenvalue weighted by Gasteiger charge is 2.46. The van der Waals surface area contributed by atoms with Crippen LogP contribution in [0.1, 0.15) is 43.0 Å². The number of Topliss-reactive ketones (excluding diaryl/α,β-unsaturated/α-hetero) is 1. The quantitative estimate of drug-likeness (QED) is 0.212. The highest BCUT2D eigenvalue weighted by Crippen LogP contribution is 2.43. The summed E-state index contributed by atoms with van der Waals surface area (Å²) in [4.78, 5) is 28.1. The number of carbonyl (C=O) groups is 2. The van der Waals surface area contributed by atoms with Crippen LogP contribution in [-0.4, -0.2) is 42.0 Å². The Morgan fingerprint density at radius 2 is 1.74 bits per heavy atom. The van der Waals surface area contributed by atoms with Crippen molar-refractivity contribution in [3.63, 3.8) is 0 Å². The predicted molar refractivity (Wildman–Crippen MR) is 141 cm³/mol. The molecule has 0 radical (unpaired) electrons. The zero-order valence-electron chi connectivity index (χ0n) is 21.6. The Morgan fingerprint density at radius 1 is 0.974 bits per heavy atom. The van der Waals surface area contributed by atoms with E-state index >= 15 is 0 Å². The fourth-order valence-corrected chi connectivity index (χ4v) is 4.42. The molecule has 4 rings (SSSR count). The van der Waals surface area contributed by atoms with Crippen molar-refractivity contribution >= 4 is 17.4 Å². The molecule has 8 heteroatoms. The number of amides is 1. The van der Waals surface area contributed by atoms with Crippen LogP contribution in [0.25, 0.3) is 5.76 Å². The molecule has 0 aromatic heterocycles. The van der Waals surface area contributed by atoms with E-state index in [-0.39, 0.29) is 17.9 Å². The van der Waals surface area contributed by atoms with E-state index in [2.05, 4.69) is 0 Å². The van der Waals surface area contributed by atoms with E-state index < -0.39 is 23.5 Å². The Labute approximate surface area is 221 Å². The fraction of sp³-hybridized carbons (Fsp3) is 0.267. The molecule has 38 heavy (non-hydrogen) atoms. The standard InChI is InChI=1S/C30H30FNO6/c1-4-15-38-23-8-6-7-21(16-23)28(33)26-27(20-11-14-24(36-3)25(17-20)37-5-2)32(30(35)29(26)34)18-19-9-12-22(31)13-10-19/h6-14,16-17,27,33H,4-5,15,18H2,1-3H3/b28-26-. The van der Waals surface area contributed by atoms with E-state index in [4.69, 9.17) is 14.2 Å². The molecule has 3 aromatic rings. The summed E-state index contributed by atoms with van der Waals surface area (Å²) in [5.74, 6) is -0.839. The number of ketones is 1. The molecule has 7 nitrogen and oxygen atoms in total. The Morgan fingerprint density at radius 3 is 2.42 bits per heavy atom. The molecule has 1 aliphatic rings. The van der Waals surface area contributed by atoms with Crippen molar-refractivity contribution < 1.29 is 33.3 Å². The van der Waals surface area contributed by atoms with E-state index in [1.807, 2.05) is 13.8 Å². The van der Waals surface area contributed by atoms with Crippen LogP contribution in [0.2, 0.25) is 0 Å². The summed E-state index contributed by atoms with van der Waals surface area (Å²) in [5.41, 5.74) is 1.47. The number of ether oxygens (including phenoxy) is 3. The van der Waals surface area contributed by atoms with Gasteiger partial charge < -0.3 is 24.2 Å². The average molecular weight is 520 g/mol. The molecule has 1 atom stereocenters. The second-order valence-corrected chi connectivity index (χ2v) is 8.77. The third-order valence-corrected chi connectivity index (χ3v) is 6.19. The molecule has 0 bridgehead atoms. The molecular weight excluding hydrogens is 489 g/mol. The Hall–Kier alpha value is -4.33. The average Bonchev–Trinajstić information content (AvgIpc) is 3.18. The van der Waals surface area contributed by atoms with Crippen LogP contribution in [0.5, 0.6) is 17.2 Å². The lowest BCUT2D eigenvalue weighted by Gasteiger charge is -2.26.